The van der Waals surface area contributed by atoms with Crippen LogP contribution >= 0.6 is 24.0 Å². The topological polar surface area (TPSA) is 105 Å². The molecule has 33 heavy (non-hydrogen) atoms. The van der Waals surface area contributed by atoms with Gasteiger partial charge in [0.05, 0.1) is 10.8 Å². The Morgan fingerprint density at radius 2 is 1.70 bits per heavy atom. The Morgan fingerprint density at radius 3 is 2.42 bits per heavy atom. The summed E-state index contributed by atoms with van der Waals surface area (Å²) in [7, 11) is 0. The summed E-state index contributed by atoms with van der Waals surface area (Å²) in [5.41, 5.74) is 4.00. The van der Waals surface area contributed by atoms with Gasteiger partial charge in [0, 0.05) is 45.2 Å². The SMILES string of the molecule is N#CSc1c[nH]c2cccc(/C=C/C(=O)/C=C(O)/C=C/c3cccc4[nH]cc(N=C=S)c34)c12. The number of aliphatic hydroxyl groups excluding tert-OH is 1. The molecule has 2 heterocycles. The van der Waals surface area contributed by atoms with Gasteiger partial charge in [-0.2, -0.15) is 10.3 Å². The number of H-pyrrole nitrogens is 2. The number of benzene rings is 2. The number of aliphatic imine (C=N–C) groups is 1. The molecule has 8 heteroatoms. The van der Waals surface area contributed by atoms with E-state index in [0.29, 0.717) is 5.69 Å². The summed E-state index contributed by atoms with van der Waals surface area (Å²) in [6.45, 7) is 0. The molecule has 2 aromatic heterocycles. The fourth-order valence-electron chi connectivity index (χ4n) is 3.51. The summed E-state index contributed by atoms with van der Waals surface area (Å²) in [5, 5.41) is 25.4. The highest BCUT2D eigenvalue weighted by atomic mass is 32.2. The fraction of sp³-hybridized carbons (Fsp3) is 0. The van der Waals surface area contributed by atoms with Crippen molar-refractivity contribution in [3.8, 4) is 5.40 Å². The van der Waals surface area contributed by atoms with E-state index >= 15 is 0 Å². The van der Waals surface area contributed by atoms with Gasteiger partial charge in [0.2, 0.25) is 0 Å². The molecule has 4 aromatic rings. The molecule has 0 saturated carbocycles. The standard InChI is InChI=1S/C25H16N4O2S2/c26-14-33-23-13-28-21-6-2-4-17(25(21)23)8-10-19(31)11-18(30)9-7-16-3-1-5-20-24(16)22(12-27-20)29-15-32/h1-13,27-28,30H/b9-7+,10-8+,18-11-. The normalized spacial score (nSPS) is 11.9. The zero-order valence-electron chi connectivity index (χ0n) is 17.1. The molecule has 0 bridgehead atoms. The van der Waals surface area contributed by atoms with Gasteiger partial charge in [-0.3, -0.25) is 4.79 Å². The number of allylic oxidation sites excluding steroid dienone is 3. The van der Waals surface area contributed by atoms with Crippen molar-refractivity contribution in [3.05, 3.63) is 83.9 Å². The number of nitriles is 1. The maximum absolute atomic E-state index is 12.4. The number of isothiocyanates is 1. The second kappa shape index (κ2) is 9.98. The molecule has 0 unspecified atom stereocenters. The fourth-order valence-corrected chi connectivity index (χ4v) is 4.15. The number of aromatic nitrogens is 2. The van der Waals surface area contributed by atoms with E-state index in [4.69, 9.17) is 17.5 Å². The first-order valence-corrected chi connectivity index (χ1v) is 11.0. The quantitative estimate of drug-likeness (QED) is 0.0533. The number of carbonyl (C=O) groups is 1. The third kappa shape index (κ3) is 4.86. The first-order valence-electron chi connectivity index (χ1n) is 9.75. The molecule has 4 rings (SSSR count). The molecule has 0 amide bonds. The first-order chi connectivity index (χ1) is 16.1. The number of thiocarbonyl (C=S) groups is 1. The third-order valence-corrected chi connectivity index (χ3v) is 5.62. The van der Waals surface area contributed by atoms with Crippen LogP contribution < -0.4 is 0 Å². The minimum Gasteiger partial charge on any atom is -0.508 e. The third-order valence-electron chi connectivity index (χ3n) is 4.89. The lowest BCUT2D eigenvalue weighted by Gasteiger charge is -1.99. The van der Waals surface area contributed by atoms with Crippen LogP contribution in [-0.2, 0) is 4.79 Å². The number of hydrogen-bond acceptors (Lipinski definition) is 6. The molecule has 0 radical (unpaired) electrons. The maximum Gasteiger partial charge on any atom is 0.182 e. The Labute approximate surface area is 198 Å². The van der Waals surface area contributed by atoms with E-state index in [1.165, 1.54) is 12.2 Å². The lowest BCUT2D eigenvalue weighted by atomic mass is 10.1. The summed E-state index contributed by atoms with van der Waals surface area (Å²) in [6, 6.07) is 11.3. The summed E-state index contributed by atoms with van der Waals surface area (Å²) < 4.78 is 0. The Balaban J connectivity index is 1.56. The van der Waals surface area contributed by atoms with Crippen molar-refractivity contribution in [2.75, 3.05) is 0 Å². The first kappa shape index (κ1) is 22.1. The van der Waals surface area contributed by atoms with E-state index in [-0.39, 0.29) is 11.5 Å². The number of aliphatic hydroxyl groups is 1. The minimum absolute atomic E-state index is 0.183. The van der Waals surface area contributed by atoms with Crippen molar-refractivity contribution >= 4 is 74.6 Å². The van der Waals surface area contributed by atoms with Crippen LogP contribution in [0.25, 0.3) is 34.0 Å². The van der Waals surface area contributed by atoms with Crippen molar-refractivity contribution in [1.82, 2.24) is 9.97 Å². The molecule has 2 aromatic carbocycles. The number of fused-ring (bicyclic) bond motifs is 2. The summed E-state index contributed by atoms with van der Waals surface area (Å²) >= 11 is 5.76. The molecule has 0 aliphatic rings. The molecule has 0 aliphatic heterocycles. The predicted molar refractivity (Wildman–Crippen MR) is 137 cm³/mol. The average molecular weight is 469 g/mol. The van der Waals surface area contributed by atoms with E-state index in [1.54, 1.807) is 24.5 Å². The highest BCUT2D eigenvalue weighted by molar-refractivity contribution is 8.04. The van der Waals surface area contributed by atoms with E-state index in [0.717, 1.165) is 55.7 Å². The highest BCUT2D eigenvalue weighted by Crippen LogP contribution is 2.31. The molecule has 160 valence electrons. The number of aromatic amines is 2. The Kier molecular flexibility index (Phi) is 6.67. The van der Waals surface area contributed by atoms with Gasteiger partial charge in [-0.25, -0.2) is 0 Å². The van der Waals surface area contributed by atoms with E-state index < -0.39 is 0 Å². The Morgan fingerprint density at radius 1 is 1.03 bits per heavy atom. The maximum atomic E-state index is 12.4. The Hall–Kier alpha value is -4.15. The van der Waals surface area contributed by atoms with Crippen LogP contribution in [0.2, 0.25) is 0 Å². The van der Waals surface area contributed by atoms with Crippen LogP contribution in [0, 0.1) is 10.7 Å². The van der Waals surface area contributed by atoms with Gasteiger partial charge in [0.25, 0.3) is 0 Å². The average Bonchev–Trinajstić information content (AvgIpc) is 3.42. The van der Waals surface area contributed by atoms with Crippen molar-refractivity contribution < 1.29 is 9.90 Å². The number of hydrogen-bond donors (Lipinski definition) is 3. The minimum atomic E-state index is -0.370. The second-order valence-electron chi connectivity index (χ2n) is 6.90. The number of thiocyanates is 1. The second-order valence-corrected chi connectivity index (χ2v) is 7.91. The highest BCUT2D eigenvalue weighted by Gasteiger charge is 2.08. The molecule has 0 atom stereocenters. The van der Waals surface area contributed by atoms with Gasteiger partial charge >= 0.3 is 0 Å². The van der Waals surface area contributed by atoms with E-state index in [2.05, 4.69) is 25.5 Å². The van der Waals surface area contributed by atoms with Gasteiger partial charge in [-0.15, -0.1) is 0 Å². The molecular weight excluding hydrogens is 452 g/mol. The zero-order valence-corrected chi connectivity index (χ0v) is 18.7. The largest absolute Gasteiger partial charge is 0.508 e. The number of thioether (sulfide) groups is 1. The van der Waals surface area contributed by atoms with Gasteiger partial charge in [0.1, 0.15) is 11.2 Å². The van der Waals surface area contributed by atoms with Crippen LogP contribution in [0.4, 0.5) is 5.69 Å². The van der Waals surface area contributed by atoms with Gasteiger partial charge in [-0.05, 0) is 59.4 Å². The van der Waals surface area contributed by atoms with Crippen molar-refractivity contribution in [1.29, 1.82) is 5.26 Å². The Bertz CT molecular complexity index is 1540. The van der Waals surface area contributed by atoms with Crippen molar-refractivity contribution in [2.45, 2.75) is 4.90 Å². The van der Waals surface area contributed by atoms with Gasteiger partial charge in [0.15, 0.2) is 5.78 Å². The number of carbonyl (C=O) groups excluding carboxylic acids is 1. The molecule has 0 aliphatic carbocycles. The van der Waals surface area contributed by atoms with E-state index in [9.17, 15) is 9.90 Å². The molecule has 0 spiro atoms. The zero-order chi connectivity index (χ0) is 23.2. The van der Waals surface area contributed by atoms with Crippen molar-refractivity contribution in [2.24, 2.45) is 4.99 Å². The van der Waals surface area contributed by atoms with Crippen molar-refractivity contribution in [3.63, 3.8) is 0 Å². The number of ketones is 1. The number of nitrogens with one attached hydrogen (secondary N) is 2. The lowest BCUT2D eigenvalue weighted by molar-refractivity contribution is -0.110. The van der Waals surface area contributed by atoms with Crippen LogP contribution in [-0.4, -0.2) is 26.0 Å². The smallest absolute Gasteiger partial charge is 0.182 e. The molecule has 0 fully saturated rings. The summed E-state index contributed by atoms with van der Waals surface area (Å²) in [5.74, 6) is -0.553. The van der Waals surface area contributed by atoms with E-state index in [1.807, 2.05) is 36.4 Å². The number of nitrogens with zero attached hydrogens (tertiary/aromatic N) is 2. The molecule has 6 nitrogen and oxygen atoms in total. The van der Waals surface area contributed by atoms with Crippen LogP contribution in [0.1, 0.15) is 11.1 Å². The monoisotopic (exact) mass is 468 g/mol. The van der Waals surface area contributed by atoms with Crippen LogP contribution in [0.15, 0.2) is 82.7 Å². The summed E-state index contributed by atoms with van der Waals surface area (Å²) in [6.07, 6.45) is 10.8. The lowest BCUT2D eigenvalue weighted by Crippen LogP contribution is -1.89. The molecular formula is C25H16N4O2S2. The van der Waals surface area contributed by atoms with Crippen LogP contribution in [0.3, 0.4) is 0 Å². The molecule has 0 saturated heterocycles. The summed E-state index contributed by atoms with van der Waals surface area (Å²) in [4.78, 5) is 23.4. The van der Waals surface area contributed by atoms with Gasteiger partial charge in [-0.1, -0.05) is 36.4 Å². The van der Waals surface area contributed by atoms with Crippen LogP contribution in [0.5, 0.6) is 0 Å². The number of rotatable bonds is 7. The molecule has 3 N–H and O–H groups in total. The predicted octanol–water partition coefficient (Wildman–Crippen LogP) is 6.69. The van der Waals surface area contributed by atoms with Gasteiger partial charge < -0.3 is 15.1 Å².